The summed E-state index contributed by atoms with van der Waals surface area (Å²) in [6.45, 7) is 0. The van der Waals surface area contributed by atoms with Crippen LogP contribution in [0.15, 0.2) is 194 Å². The molecule has 0 aliphatic rings. The SMILES string of the molecule is c1ccc(-c2ccc(N(c3ccc4c(c3)c3ccccc3n4-c3ccccc3)c3ccc(-c4ccccc4)c4ccccc34)cc2)cc1. The van der Waals surface area contributed by atoms with Crippen LogP contribution in [0.2, 0.25) is 0 Å². The zero-order valence-electron chi connectivity index (χ0n) is 26.4. The molecule has 0 saturated heterocycles. The predicted molar refractivity (Wildman–Crippen MR) is 204 cm³/mol. The fourth-order valence-corrected chi connectivity index (χ4v) is 7.16. The number of para-hydroxylation sites is 2. The maximum absolute atomic E-state index is 2.42. The van der Waals surface area contributed by atoms with Crippen molar-refractivity contribution in [2.75, 3.05) is 4.90 Å². The van der Waals surface area contributed by atoms with Crippen molar-refractivity contribution in [3.05, 3.63) is 194 Å². The van der Waals surface area contributed by atoms with Crippen LogP contribution in [0.25, 0.3) is 60.5 Å². The van der Waals surface area contributed by atoms with E-state index in [1.54, 1.807) is 0 Å². The van der Waals surface area contributed by atoms with E-state index in [2.05, 4.69) is 204 Å². The van der Waals surface area contributed by atoms with Gasteiger partial charge in [-0.25, -0.2) is 0 Å². The van der Waals surface area contributed by atoms with E-state index < -0.39 is 0 Å². The van der Waals surface area contributed by atoms with Gasteiger partial charge in [-0.15, -0.1) is 0 Å². The average Bonchev–Trinajstić information content (AvgIpc) is 3.50. The van der Waals surface area contributed by atoms with Gasteiger partial charge in [0.2, 0.25) is 0 Å². The summed E-state index contributed by atoms with van der Waals surface area (Å²) in [5.41, 5.74) is 11.8. The molecule has 2 heteroatoms. The standard InChI is InChI=1S/C46H32N2/c1-4-14-33(15-5-1)34-24-26-37(27-25-34)47(45-31-29-39(35-16-6-2-7-17-35)40-20-10-11-21-41(40)45)38-28-30-46-43(32-38)42-22-12-13-23-44(42)48(46)36-18-8-3-9-19-36/h1-32H. The molecule has 0 aliphatic carbocycles. The van der Waals surface area contributed by atoms with Crippen LogP contribution in [0.3, 0.4) is 0 Å². The Labute approximate surface area is 280 Å². The van der Waals surface area contributed by atoms with Crippen LogP contribution in [-0.4, -0.2) is 4.57 Å². The molecule has 8 aromatic carbocycles. The Morgan fingerprint density at radius 3 is 1.60 bits per heavy atom. The Bertz CT molecular complexity index is 2530. The fraction of sp³-hybridized carbons (Fsp3) is 0. The lowest BCUT2D eigenvalue weighted by atomic mass is 9.96. The molecule has 0 atom stereocenters. The lowest BCUT2D eigenvalue weighted by Crippen LogP contribution is -2.10. The van der Waals surface area contributed by atoms with Crippen molar-refractivity contribution in [3.63, 3.8) is 0 Å². The van der Waals surface area contributed by atoms with Gasteiger partial charge in [0.25, 0.3) is 0 Å². The van der Waals surface area contributed by atoms with Crippen LogP contribution in [0.5, 0.6) is 0 Å². The molecule has 0 fully saturated rings. The molecule has 0 saturated carbocycles. The summed E-state index contributed by atoms with van der Waals surface area (Å²) in [7, 11) is 0. The molecule has 0 unspecified atom stereocenters. The highest BCUT2D eigenvalue weighted by atomic mass is 15.1. The summed E-state index contributed by atoms with van der Waals surface area (Å²) in [6, 6.07) is 69.9. The van der Waals surface area contributed by atoms with E-state index in [-0.39, 0.29) is 0 Å². The maximum atomic E-state index is 2.42. The van der Waals surface area contributed by atoms with E-state index in [9.17, 15) is 0 Å². The number of benzene rings is 8. The molecular formula is C46H32N2. The van der Waals surface area contributed by atoms with Crippen LogP contribution in [0, 0.1) is 0 Å². The smallest absolute Gasteiger partial charge is 0.0542 e. The number of nitrogens with zero attached hydrogens (tertiary/aromatic N) is 2. The van der Waals surface area contributed by atoms with Crippen LogP contribution in [-0.2, 0) is 0 Å². The number of aromatic nitrogens is 1. The first-order valence-electron chi connectivity index (χ1n) is 16.4. The molecule has 1 heterocycles. The lowest BCUT2D eigenvalue weighted by Gasteiger charge is -2.28. The molecule has 48 heavy (non-hydrogen) atoms. The maximum Gasteiger partial charge on any atom is 0.0542 e. The minimum absolute atomic E-state index is 1.11. The van der Waals surface area contributed by atoms with Gasteiger partial charge in [-0.2, -0.15) is 0 Å². The minimum atomic E-state index is 1.11. The Morgan fingerprint density at radius 1 is 0.333 bits per heavy atom. The molecule has 226 valence electrons. The average molecular weight is 613 g/mol. The highest BCUT2D eigenvalue weighted by Crippen LogP contribution is 2.44. The molecule has 2 nitrogen and oxygen atoms in total. The van der Waals surface area contributed by atoms with Gasteiger partial charge in [0.05, 0.1) is 16.7 Å². The van der Waals surface area contributed by atoms with E-state index in [4.69, 9.17) is 0 Å². The second kappa shape index (κ2) is 11.8. The molecule has 0 radical (unpaired) electrons. The second-order valence-electron chi connectivity index (χ2n) is 12.2. The fourth-order valence-electron chi connectivity index (χ4n) is 7.16. The molecule has 1 aromatic heterocycles. The first kappa shape index (κ1) is 27.9. The Balaban J connectivity index is 1.28. The molecule has 9 rings (SSSR count). The first-order chi connectivity index (χ1) is 23.8. The van der Waals surface area contributed by atoms with Crippen molar-refractivity contribution >= 4 is 49.6 Å². The van der Waals surface area contributed by atoms with Gasteiger partial charge >= 0.3 is 0 Å². The Morgan fingerprint density at radius 2 is 0.875 bits per heavy atom. The van der Waals surface area contributed by atoms with E-state index in [1.807, 2.05) is 0 Å². The number of fused-ring (bicyclic) bond motifs is 4. The van der Waals surface area contributed by atoms with E-state index in [1.165, 1.54) is 54.8 Å². The predicted octanol–water partition coefficient (Wildman–Crippen LogP) is 12.7. The molecular weight excluding hydrogens is 581 g/mol. The molecule has 0 bridgehead atoms. The largest absolute Gasteiger partial charge is 0.310 e. The third-order valence-electron chi connectivity index (χ3n) is 9.39. The summed E-state index contributed by atoms with van der Waals surface area (Å²) < 4.78 is 2.37. The Kier molecular flexibility index (Phi) is 6.84. The number of hydrogen-bond donors (Lipinski definition) is 0. The zero-order chi connectivity index (χ0) is 31.9. The van der Waals surface area contributed by atoms with Crippen LogP contribution < -0.4 is 4.90 Å². The van der Waals surface area contributed by atoms with Crippen molar-refractivity contribution in [2.45, 2.75) is 0 Å². The van der Waals surface area contributed by atoms with Crippen molar-refractivity contribution in [1.29, 1.82) is 0 Å². The van der Waals surface area contributed by atoms with E-state index in [0.717, 1.165) is 22.7 Å². The third kappa shape index (κ3) is 4.74. The van der Waals surface area contributed by atoms with Crippen molar-refractivity contribution in [3.8, 4) is 27.9 Å². The highest BCUT2D eigenvalue weighted by molar-refractivity contribution is 6.12. The molecule has 0 aliphatic heterocycles. The summed E-state index contributed by atoms with van der Waals surface area (Å²) in [6.07, 6.45) is 0. The molecule has 0 amide bonds. The number of hydrogen-bond acceptors (Lipinski definition) is 1. The highest BCUT2D eigenvalue weighted by Gasteiger charge is 2.20. The summed E-state index contributed by atoms with van der Waals surface area (Å²) in [5, 5.41) is 4.90. The van der Waals surface area contributed by atoms with Crippen LogP contribution in [0.4, 0.5) is 17.1 Å². The van der Waals surface area contributed by atoms with Crippen LogP contribution >= 0.6 is 0 Å². The van der Waals surface area contributed by atoms with Crippen molar-refractivity contribution in [2.24, 2.45) is 0 Å². The zero-order valence-corrected chi connectivity index (χ0v) is 26.4. The summed E-state index contributed by atoms with van der Waals surface area (Å²) >= 11 is 0. The van der Waals surface area contributed by atoms with Crippen LogP contribution in [0.1, 0.15) is 0 Å². The van der Waals surface area contributed by atoms with Crippen molar-refractivity contribution < 1.29 is 0 Å². The van der Waals surface area contributed by atoms with Gasteiger partial charge in [0.1, 0.15) is 0 Å². The molecule has 9 aromatic rings. The topological polar surface area (TPSA) is 8.17 Å². The quantitative estimate of drug-likeness (QED) is 0.181. The first-order valence-corrected chi connectivity index (χ1v) is 16.4. The van der Waals surface area contributed by atoms with Gasteiger partial charge in [-0.05, 0) is 82.2 Å². The molecule has 0 spiro atoms. The Hall–Kier alpha value is -6.38. The normalized spacial score (nSPS) is 11.3. The lowest BCUT2D eigenvalue weighted by molar-refractivity contribution is 1.18. The molecule has 0 N–H and O–H groups in total. The third-order valence-corrected chi connectivity index (χ3v) is 9.39. The van der Waals surface area contributed by atoms with Gasteiger partial charge < -0.3 is 9.47 Å². The van der Waals surface area contributed by atoms with Gasteiger partial charge in [-0.3, -0.25) is 0 Å². The second-order valence-corrected chi connectivity index (χ2v) is 12.2. The van der Waals surface area contributed by atoms with Crippen molar-refractivity contribution in [1.82, 2.24) is 4.57 Å². The van der Waals surface area contributed by atoms with E-state index >= 15 is 0 Å². The number of rotatable bonds is 6. The van der Waals surface area contributed by atoms with Gasteiger partial charge in [-0.1, -0.05) is 140 Å². The summed E-state index contributed by atoms with van der Waals surface area (Å²) in [5.74, 6) is 0. The van der Waals surface area contributed by atoms with Gasteiger partial charge in [0, 0.05) is 33.2 Å². The van der Waals surface area contributed by atoms with E-state index in [0.29, 0.717) is 0 Å². The minimum Gasteiger partial charge on any atom is -0.310 e. The number of anilines is 3. The monoisotopic (exact) mass is 612 g/mol. The van der Waals surface area contributed by atoms with Gasteiger partial charge in [0.15, 0.2) is 0 Å². The summed E-state index contributed by atoms with van der Waals surface area (Å²) in [4.78, 5) is 2.42.